The molecule has 0 amide bonds. The van der Waals surface area contributed by atoms with Gasteiger partial charge in [0.15, 0.2) is 11.5 Å². The fourth-order valence-electron chi connectivity index (χ4n) is 1.57. The van der Waals surface area contributed by atoms with Gasteiger partial charge in [0.25, 0.3) is 0 Å². The van der Waals surface area contributed by atoms with Gasteiger partial charge in [-0.15, -0.1) is 13.2 Å². The maximum Gasteiger partial charge on any atom is 0.573 e. The molecule has 0 N–H and O–H groups in total. The summed E-state index contributed by atoms with van der Waals surface area (Å²) in [6.07, 6.45) is -4.77. The molecular formula is C14H9BrClF3O2. The van der Waals surface area contributed by atoms with Crippen LogP contribution in [0, 0.1) is 0 Å². The molecule has 7 heteroatoms. The Labute approximate surface area is 132 Å². The van der Waals surface area contributed by atoms with Gasteiger partial charge in [-0.25, -0.2) is 0 Å². The van der Waals surface area contributed by atoms with Crippen LogP contribution < -0.4 is 9.47 Å². The molecule has 0 aromatic heterocycles. The fraction of sp³-hybridized carbons (Fsp3) is 0.143. The number of hydrogen-bond acceptors (Lipinski definition) is 2. The number of benzene rings is 2. The Balaban J connectivity index is 2.13. The zero-order chi connectivity index (χ0) is 15.5. The van der Waals surface area contributed by atoms with Crippen LogP contribution in [0.25, 0.3) is 0 Å². The van der Waals surface area contributed by atoms with Crippen molar-refractivity contribution in [2.75, 3.05) is 0 Å². The van der Waals surface area contributed by atoms with Crippen LogP contribution in [0.1, 0.15) is 5.56 Å². The van der Waals surface area contributed by atoms with E-state index in [0.717, 1.165) is 4.47 Å². The van der Waals surface area contributed by atoms with Gasteiger partial charge in [0.2, 0.25) is 0 Å². The zero-order valence-corrected chi connectivity index (χ0v) is 12.8. The Morgan fingerprint density at radius 3 is 2.33 bits per heavy atom. The molecule has 0 fully saturated rings. The average Bonchev–Trinajstić information content (AvgIpc) is 2.37. The van der Waals surface area contributed by atoms with E-state index in [1.165, 1.54) is 18.2 Å². The number of rotatable bonds is 4. The van der Waals surface area contributed by atoms with E-state index < -0.39 is 12.1 Å². The number of para-hydroxylation sites is 2. The van der Waals surface area contributed by atoms with Crippen molar-refractivity contribution in [3.8, 4) is 11.5 Å². The topological polar surface area (TPSA) is 18.5 Å². The first-order valence-corrected chi connectivity index (χ1v) is 6.94. The third kappa shape index (κ3) is 4.82. The highest BCUT2D eigenvalue weighted by Gasteiger charge is 2.32. The Bertz CT molecular complexity index is 632. The molecule has 0 saturated heterocycles. The van der Waals surface area contributed by atoms with Crippen molar-refractivity contribution >= 4 is 27.5 Å². The summed E-state index contributed by atoms with van der Waals surface area (Å²) in [6, 6.07) is 10.7. The largest absolute Gasteiger partial charge is 0.573 e. The van der Waals surface area contributed by atoms with Crippen LogP contribution in [0.3, 0.4) is 0 Å². The van der Waals surface area contributed by atoms with Gasteiger partial charge in [0.1, 0.15) is 6.61 Å². The normalized spacial score (nSPS) is 11.3. The van der Waals surface area contributed by atoms with Crippen molar-refractivity contribution in [2.45, 2.75) is 13.0 Å². The molecule has 2 nitrogen and oxygen atoms in total. The second-order valence-electron chi connectivity index (χ2n) is 4.02. The maximum atomic E-state index is 12.3. The molecule has 0 heterocycles. The number of hydrogen-bond donors (Lipinski definition) is 0. The molecule has 21 heavy (non-hydrogen) atoms. The standard InChI is InChI=1S/C14H9BrClF3O2/c15-10-6-5-9(11(16)7-10)8-20-12-3-1-2-4-13(12)21-14(17,18)19/h1-7H,8H2. The molecular weight excluding hydrogens is 373 g/mol. The van der Waals surface area contributed by atoms with Crippen molar-refractivity contribution in [2.24, 2.45) is 0 Å². The highest BCUT2D eigenvalue weighted by molar-refractivity contribution is 9.10. The molecule has 0 bridgehead atoms. The second-order valence-corrected chi connectivity index (χ2v) is 5.34. The molecule has 0 atom stereocenters. The van der Waals surface area contributed by atoms with Crippen molar-refractivity contribution in [3.05, 3.63) is 57.5 Å². The van der Waals surface area contributed by atoms with Crippen LogP contribution in [0.4, 0.5) is 13.2 Å². The fourth-order valence-corrected chi connectivity index (χ4v) is 2.30. The summed E-state index contributed by atoms with van der Waals surface area (Å²) in [5.41, 5.74) is 0.654. The van der Waals surface area contributed by atoms with Crippen LogP contribution in [0.15, 0.2) is 46.9 Å². The summed E-state index contributed by atoms with van der Waals surface area (Å²) in [4.78, 5) is 0. The Kier molecular flexibility index (Phi) is 5.00. The van der Waals surface area contributed by atoms with Gasteiger partial charge >= 0.3 is 6.36 Å². The highest BCUT2D eigenvalue weighted by Crippen LogP contribution is 2.33. The van der Waals surface area contributed by atoms with E-state index in [2.05, 4.69) is 20.7 Å². The molecule has 0 radical (unpaired) electrons. The molecule has 0 aliphatic rings. The quantitative estimate of drug-likeness (QED) is 0.688. The van der Waals surface area contributed by atoms with Crippen LogP contribution in [-0.4, -0.2) is 6.36 Å². The monoisotopic (exact) mass is 380 g/mol. The van der Waals surface area contributed by atoms with Gasteiger partial charge in [-0.05, 0) is 24.3 Å². The summed E-state index contributed by atoms with van der Waals surface area (Å²) < 4.78 is 46.9. The van der Waals surface area contributed by atoms with Crippen LogP contribution in [0.2, 0.25) is 5.02 Å². The Morgan fingerprint density at radius 2 is 1.71 bits per heavy atom. The summed E-state index contributed by atoms with van der Waals surface area (Å²) in [5, 5.41) is 0.457. The van der Waals surface area contributed by atoms with Crippen LogP contribution in [-0.2, 0) is 6.61 Å². The minimum absolute atomic E-state index is 0.00573. The van der Waals surface area contributed by atoms with E-state index in [4.69, 9.17) is 16.3 Å². The van der Waals surface area contributed by atoms with Gasteiger partial charge in [-0.1, -0.05) is 45.7 Å². The highest BCUT2D eigenvalue weighted by atomic mass is 79.9. The molecule has 0 spiro atoms. The molecule has 0 aliphatic heterocycles. The van der Waals surface area contributed by atoms with Gasteiger partial charge in [-0.2, -0.15) is 0 Å². The summed E-state index contributed by atoms with van der Waals surface area (Å²) in [7, 11) is 0. The average molecular weight is 382 g/mol. The summed E-state index contributed by atoms with van der Waals surface area (Å²) in [5.74, 6) is -0.396. The van der Waals surface area contributed by atoms with Gasteiger partial charge in [-0.3, -0.25) is 0 Å². The lowest BCUT2D eigenvalue weighted by Gasteiger charge is -2.14. The Morgan fingerprint density at radius 1 is 1.05 bits per heavy atom. The molecule has 2 rings (SSSR count). The molecule has 112 valence electrons. The van der Waals surface area contributed by atoms with E-state index in [1.807, 2.05) is 0 Å². The van der Waals surface area contributed by atoms with Crippen molar-refractivity contribution in [1.82, 2.24) is 0 Å². The van der Waals surface area contributed by atoms with E-state index in [1.54, 1.807) is 24.3 Å². The van der Waals surface area contributed by atoms with E-state index >= 15 is 0 Å². The predicted molar refractivity (Wildman–Crippen MR) is 76.6 cm³/mol. The number of halogens is 5. The summed E-state index contributed by atoms with van der Waals surface area (Å²) in [6.45, 7) is 0.0321. The molecule has 0 unspecified atom stereocenters. The van der Waals surface area contributed by atoms with E-state index in [0.29, 0.717) is 10.6 Å². The SMILES string of the molecule is FC(F)(F)Oc1ccccc1OCc1ccc(Br)cc1Cl. The number of alkyl halides is 3. The van der Waals surface area contributed by atoms with Gasteiger partial charge in [0, 0.05) is 15.1 Å². The predicted octanol–water partition coefficient (Wildman–Crippen LogP) is 5.58. The first kappa shape index (κ1) is 16.0. The van der Waals surface area contributed by atoms with Gasteiger partial charge < -0.3 is 9.47 Å². The second kappa shape index (κ2) is 6.58. The van der Waals surface area contributed by atoms with Crippen molar-refractivity contribution < 1.29 is 22.6 Å². The molecule has 0 saturated carbocycles. The van der Waals surface area contributed by atoms with E-state index in [-0.39, 0.29) is 12.4 Å². The lowest BCUT2D eigenvalue weighted by atomic mass is 10.2. The first-order valence-electron chi connectivity index (χ1n) is 5.76. The minimum atomic E-state index is -4.77. The third-order valence-corrected chi connectivity index (χ3v) is 3.32. The Hall–Kier alpha value is -1.40. The lowest BCUT2D eigenvalue weighted by Crippen LogP contribution is -2.17. The maximum absolute atomic E-state index is 12.3. The van der Waals surface area contributed by atoms with Crippen LogP contribution >= 0.6 is 27.5 Å². The minimum Gasteiger partial charge on any atom is -0.485 e. The summed E-state index contributed by atoms with van der Waals surface area (Å²) >= 11 is 9.29. The first-order chi connectivity index (χ1) is 9.85. The third-order valence-electron chi connectivity index (χ3n) is 2.47. The zero-order valence-electron chi connectivity index (χ0n) is 10.5. The lowest BCUT2D eigenvalue weighted by molar-refractivity contribution is -0.275. The smallest absolute Gasteiger partial charge is 0.485 e. The number of ether oxygens (including phenoxy) is 2. The molecule has 2 aromatic carbocycles. The van der Waals surface area contributed by atoms with Gasteiger partial charge in [0.05, 0.1) is 0 Å². The van der Waals surface area contributed by atoms with Crippen molar-refractivity contribution in [1.29, 1.82) is 0 Å². The molecule has 2 aromatic rings. The van der Waals surface area contributed by atoms with Crippen molar-refractivity contribution in [3.63, 3.8) is 0 Å². The van der Waals surface area contributed by atoms with Crippen LogP contribution in [0.5, 0.6) is 11.5 Å². The molecule has 0 aliphatic carbocycles. The van der Waals surface area contributed by atoms with E-state index in [9.17, 15) is 13.2 Å².